The molecule has 1 atom stereocenters. The summed E-state index contributed by atoms with van der Waals surface area (Å²) in [5, 5.41) is 9.07. The molecule has 2 aromatic carbocycles. The maximum atomic E-state index is 11.1. The lowest BCUT2D eigenvalue weighted by atomic mass is 10.00. The van der Waals surface area contributed by atoms with Gasteiger partial charge in [-0.25, -0.2) is 4.79 Å². The van der Waals surface area contributed by atoms with Crippen LogP contribution in [0.3, 0.4) is 0 Å². The first-order valence-electron chi connectivity index (χ1n) is 7.67. The minimum absolute atomic E-state index is 0.0413. The summed E-state index contributed by atoms with van der Waals surface area (Å²) >= 11 is 0. The second-order valence-corrected chi connectivity index (χ2v) is 6.22. The highest BCUT2D eigenvalue weighted by Gasteiger charge is 2.29. The third-order valence-corrected chi connectivity index (χ3v) is 3.65. The van der Waals surface area contributed by atoms with Crippen LogP contribution in [0.1, 0.15) is 25.0 Å². The minimum Gasteiger partial charge on any atom is -0.478 e. The summed E-state index contributed by atoms with van der Waals surface area (Å²) in [7, 11) is 0. The van der Waals surface area contributed by atoms with E-state index >= 15 is 0 Å². The minimum atomic E-state index is -1.24. The molecule has 0 heterocycles. The van der Waals surface area contributed by atoms with Crippen molar-refractivity contribution in [1.29, 1.82) is 0 Å². The van der Waals surface area contributed by atoms with Crippen molar-refractivity contribution >= 4 is 5.97 Å². The van der Waals surface area contributed by atoms with E-state index in [1.807, 2.05) is 30.3 Å². The normalized spacial score (nSPS) is 12.7. The number of nitrogens with two attached hydrogens (primary N) is 1. The molecule has 3 N–H and O–H groups in total. The van der Waals surface area contributed by atoms with E-state index in [2.05, 4.69) is 12.1 Å². The topological polar surface area (TPSA) is 72.5 Å². The maximum absolute atomic E-state index is 11.1. The van der Waals surface area contributed by atoms with E-state index in [1.165, 1.54) is 19.4 Å². The largest absolute Gasteiger partial charge is 0.478 e. The average molecular weight is 313 g/mol. The number of aliphatic carboxylic acids is 1. The van der Waals surface area contributed by atoms with E-state index in [4.69, 9.17) is 15.6 Å². The van der Waals surface area contributed by atoms with Gasteiger partial charge in [0.05, 0.1) is 0 Å². The van der Waals surface area contributed by atoms with Crippen LogP contribution >= 0.6 is 0 Å². The predicted molar refractivity (Wildman–Crippen MR) is 90.6 cm³/mol. The van der Waals surface area contributed by atoms with Crippen molar-refractivity contribution in [2.24, 2.45) is 5.73 Å². The first-order chi connectivity index (χ1) is 10.9. The molecule has 4 nitrogen and oxygen atoms in total. The molecule has 0 aromatic heterocycles. The van der Waals surface area contributed by atoms with Crippen LogP contribution < -0.4 is 10.5 Å². The zero-order valence-electron chi connectivity index (χ0n) is 13.5. The van der Waals surface area contributed by atoms with Crippen molar-refractivity contribution in [2.45, 2.75) is 38.3 Å². The monoisotopic (exact) mass is 313 g/mol. The van der Waals surface area contributed by atoms with E-state index in [1.54, 1.807) is 12.1 Å². The lowest BCUT2D eigenvalue weighted by molar-refractivity contribution is -0.152. The quantitative estimate of drug-likeness (QED) is 0.824. The van der Waals surface area contributed by atoms with Gasteiger partial charge in [-0.3, -0.25) is 0 Å². The summed E-state index contributed by atoms with van der Waals surface area (Å²) in [4.78, 5) is 11.1. The van der Waals surface area contributed by atoms with Crippen molar-refractivity contribution in [2.75, 3.05) is 0 Å². The number of hydrogen-bond donors (Lipinski definition) is 2. The molecule has 4 heteroatoms. The van der Waals surface area contributed by atoms with E-state index in [0.29, 0.717) is 5.75 Å². The standard InChI is InChI=1S/C19H23NO3/c1-19(2,18(21)22)23-17-10-8-15(9-11-17)13-16(20)12-14-6-4-3-5-7-14/h3-11,16H,12-13,20H2,1-2H3,(H,21,22). The third-order valence-electron chi connectivity index (χ3n) is 3.65. The Morgan fingerprint density at radius 2 is 1.57 bits per heavy atom. The average Bonchev–Trinajstić information content (AvgIpc) is 2.50. The summed E-state index contributed by atoms with van der Waals surface area (Å²) < 4.78 is 5.49. The Kier molecular flexibility index (Phi) is 5.40. The van der Waals surface area contributed by atoms with Crippen molar-refractivity contribution in [1.82, 2.24) is 0 Å². The van der Waals surface area contributed by atoms with Gasteiger partial charge in [0, 0.05) is 6.04 Å². The number of carbonyl (C=O) groups is 1. The van der Waals surface area contributed by atoms with Crippen LogP contribution in [0.2, 0.25) is 0 Å². The summed E-state index contributed by atoms with van der Waals surface area (Å²) in [6, 6.07) is 17.6. The van der Waals surface area contributed by atoms with E-state index in [0.717, 1.165) is 18.4 Å². The van der Waals surface area contributed by atoms with Crippen molar-refractivity contribution < 1.29 is 14.6 Å². The molecule has 0 saturated carbocycles. The molecule has 122 valence electrons. The van der Waals surface area contributed by atoms with Crippen LogP contribution in [0.15, 0.2) is 54.6 Å². The fourth-order valence-electron chi connectivity index (χ4n) is 2.32. The molecule has 1 unspecified atom stereocenters. The van der Waals surface area contributed by atoms with Gasteiger partial charge < -0.3 is 15.6 Å². The molecule has 0 aliphatic carbocycles. The fraction of sp³-hybridized carbons (Fsp3) is 0.316. The summed E-state index contributed by atoms with van der Waals surface area (Å²) in [6.45, 7) is 3.05. The molecule has 0 spiro atoms. The third kappa shape index (κ3) is 5.11. The van der Waals surface area contributed by atoms with Gasteiger partial charge in [0.25, 0.3) is 0 Å². The predicted octanol–water partition coefficient (Wildman–Crippen LogP) is 3.04. The van der Waals surface area contributed by atoms with Crippen molar-refractivity contribution in [3.8, 4) is 5.75 Å². The van der Waals surface area contributed by atoms with Gasteiger partial charge in [0.15, 0.2) is 5.60 Å². The SMILES string of the molecule is CC(C)(Oc1ccc(CC(N)Cc2ccccc2)cc1)C(=O)O. The van der Waals surface area contributed by atoms with Gasteiger partial charge in [0.1, 0.15) is 5.75 Å². The number of carboxylic acid groups (broad SMARTS) is 1. The lowest BCUT2D eigenvalue weighted by Crippen LogP contribution is -2.37. The molecule has 0 aliphatic heterocycles. The Bertz CT molecular complexity index is 635. The number of ether oxygens (including phenoxy) is 1. The smallest absolute Gasteiger partial charge is 0.347 e. The lowest BCUT2D eigenvalue weighted by Gasteiger charge is -2.21. The Labute approximate surface area is 136 Å². The van der Waals surface area contributed by atoms with Gasteiger partial charge in [-0.2, -0.15) is 0 Å². The summed E-state index contributed by atoms with van der Waals surface area (Å²) in [5.74, 6) is -0.454. The van der Waals surface area contributed by atoms with Crippen LogP contribution in [0.4, 0.5) is 0 Å². The second-order valence-electron chi connectivity index (χ2n) is 6.22. The Hall–Kier alpha value is -2.33. The first-order valence-corrected chi connectivity index (χ1v) is 7.67. The molecule has 2 aromatic rings. The van der Waals surface area contributed by atoms with Gasteiger partial charge in [-0.15, -0.1) is 0 Å². The van der Waals surface area contributed by atoms with Crippen molar-refractivity contribution in [3.63, 3.8) is 0 Å². The van der Waals surface area contributed by atoms with Crippen LogP contribution in [-0.2, 0) is 17.6 Å². The Morgan fingerprint density at radius 3 is 2.09 bits per heavy atom. The zero-order valence-corrected chi connectivity index (χ0v) is 13.5. The molecule has 2 rings (SSSR count). The molecule has 0 saturated heterocycles. The van der Waals surface area contributed by atoms with Gasteiger partial charge in [-0.1, -0.05) is 42.5 Å². The molecule has 0 amide bonds. The van der Waals surface area contributed by atoms with E-state index in [9.17, 15) is 4.79 Å². The van der Waals surface area contributed by atoms with Gasteiger partial charge in [-0.05, 0) is 49.9 Å². The zero-order chi connectivity index (χ0) is 16.9. The van der Waals surface area contributed by atoms with Crippen LogP contribution in [0.5, 0.6) is 5.75 Å². The molecule has 0 fully saturated rings. The Morgan fingerprint density at radius 1 is 1.04 bits per heavy atom. The number of rotatable bonds is 7. The Balaban J connectivity index is 1.93. The fourth-order valence-corrected chi connectivity index (χ4v) is 2.32. The molecule has 0 bridgehead atoms. The highest BCUT2D eigenvalue weighted by atomic mass is 16.5. The van der Waals surface area contributed by atoms with Gasteiger partial charge in [0.2, 0.25) is 0 Å². The summed E-state index contributed by atoms with van der Waals surface area (Å²) in [5.41, 5.74) is 7.29. The molecule has 0 radical (unpaired) electrons. The molecular formula is C19H23NO3. The van der Waals surface area contributed by atoms with Gasteiger partial charge >= 0.3 is 5.97 Å². The van der Waals surface area contributed by atoms with E-state index < -0.39 is 11.6 Å². The second kappa shape index (κ2) is 7.29. The number of carboxylic acids is 1. The van der Waals surface area contributed by atoms with E-state index in [-0.39, 0.29) is 6.04 Å². The molecule has 23 heavy (non-hydrogen) atoms. The first kappa shape index (κ1) is 17.0. The number of hydrogen-bond acceptors (Lipinski definition) is 3. The molecular weight excluding hydrogens is 290 g/mol. The maximum Gasteiger partial charge on any atom is 0.347 e. The molecule has 0 aliphatic rings. The number of benzene rings is 2. The van der Waals surface area contributed by atoms with Crippen LogP contribution in [-0.4, -0.2) is 22.7 Å². The van der Waals surface area contributed by atoms with Crippen LogP contribution in [0.25, 0.3) is 0 Å². The van der Waals surface area contributed by atoms with Crippen molar-refractivity contribution in [3.05, 3.63) is 65.7 Å². The highest BCUT2D eigenvalue weighted by molar-refractivity contribution is 5.76. The summed E-state index contributed by atoms with van der Waals surface area (Å²) in [6.07, 6.45) is 1.59. The highest BCUT2D eigenvalue weighted by Crippen LogP contribution is 2.20. The van der Waals surface area contributed by atoms with Crippen LogP contribution in [0, 0.1) is 0 Å².